The van der Waals surface area contributed by atoms with Crippen molar-refractivity contribution in [3.05, 3.63) is 75.3 Å². The predicted molar refractivity (Wildman–Crippen MR) is 172 cm³/mol. The van der Waals surface area contributed by atoms with Gasteiger partial charge in [-0.1, -0.05) is 36.4 Å². The lowest BCUT2D eigenvalue weighted by Crippen LogP contribution is -2.68. The molecule has 2 bridgehead atoms. The third-order valence-corrected chi connectivity index (χ3v) is 9.59. The Labute approximate surface area is 274 Å². The molecule has 0 aromatic heterocycles. The molecule has 11 heteroatoms. The van der Waals surface area contributed by atoms with Crippen molar-refractivity contribution in [3.63, 3.8) is 0 Å². The fraction of sp³-hybridized carbons (Fsp3) is 0.417. The second kappa shape index (κ2) is 12.5. The topological polar surface area (TPSA) is 113 Å². The third-order valence-electron chi connectivity index (χ3n) is 9.59. The summed E-state index contributed by atoms with van der Waals surface area (Å²) in [6, 6.07) is 8.65. The highest BCUT2D eigenvalue weighted by Crippen LogP contribution is 2.57. The van der Waals surface area contributed by atoms with E-state index >= 15 is 4.79 Å². The van der Waals surface area contributed by atoms with Crippen molar-refractivity contribution in [1.82, 2.24) is 9.80 Å². The Bertz CT molecular complexity index is 1760. The van der Waals surface area contributed by atoms with Crippen LogP contribution in [0, 0.1) is 13.8 Å². The molecule has 3 aromatic rings. The van der Waals surface area contributed by atoms with E-state index < -0.39 is 30.1 Å². The van der Waals surface area contributed by atoms with E-state index in [1.807, 2.05) is 55.3 Å². The highest BCUT2D eigenvalue weighted by Gasteiger charge is 2.59. The molecule has 0 aliphatic carbocycles. The van der Waals surface area contributed by atoms with E-state index in [4.69, 9.17) is 28.4 Å². The minimum atomic E-state index is -1.02. The number of esters is 1. The molecule has 0 saturated carbocycles. The van der Waals surface area contributed by atoms with E-state index in [9.17, 15) is 9.59 Å². The van der Waals surface area contributed by atoms with Crippen molar-refractivity contribution in [2.75, 3.05) is 42.1 Å². The van der Waals surface area contributed by atoms with Crippen molar-refractivity contribution in [2.45, 2.75) is 58.0 Å². The van der Waals surface area contributed by atoms with Crippen molar-refractivity contribution in [1.29, 1.82) is 0 Å². The van der Waals surface area contributed by atoms with Gasteiger partial charge in [-0.15, -0.1) is 0 Å². The molecule has 248 valence electrons. The molecule has 3 aromatic carbocycles. The number of Topliss-reactive ketones (excluding diaryl/α,β-unsaturated/α-hetero) is 1. The van der Waals surface area contributed by atoms with E-state index in [1.54, 1.807) is 11.8 Å². The molecule has 1 amide bonds. The lowest BCUT2D eigenvalue weighted by Gasteiger charge is -2.56. The van der Waals surface area contributed by atoms with E-state index in [2.05, 4.69) is 0 Å². The van der Waals surface area contributed by atoms with Gasteiger partial charge in [-0.05, 0) is 44.0 Å². The van der Waals surface area contributed by atoms with Gasteiger partial charge in [-0.25, -0.2) is 0 Å². The molecule has 11 nitrogen and oxygen atoms in total. The van der Waals surface area contributed by atoms with Gasteiger partial charge in [-0.2, -0.15) is 0 Å². The van der Waals surface area contributed by atoms with E-state index in [0.29, 0.717) is 58.3 Å². The number of nitrogens with zero attached hydrogens (tertiary/aromatic N) is 2. The normalized spacial score (nSPS) is 21.4. The number of fused-ring (bicyclic) bond motifs is 7. The fourth-order valence-corrected chi connectivity index (χ4v) is 7.71. The van der Waals surface area contributed by atoms with Crippen LogP contribution in [0.2, 0.25) is 0 Å². The molecule has 0 unspecified atom stereocenters. The molecule has 3 aliphatic rings. The van der Waals surface area contributed by atoms with Crippen LogP contribution in [0.3, 0.4) is 0 Å². The predicted octanol–water partition coefficient (Wildman–Crippen LogP) is 4.53. The average molecular weight is 645 g/mol. The van der Waals surface area contributed by atoms with Gasteiger partial charge in [0, 0.05) is 23.6 Å². The van der Waals surface area contributed by atoms with Crippen LogP contribution in [0.15, 0.2) is 36.4 Å². The molecule has 3 heterocycles. The van der Waals surface area contributed by atoms with Crippen molar-refractivity contribution in [2.24, 2.45) is 0 Å². The summed E-state index contributed by atoms with van der Waals surface area (Å²) in [6.07, 6.45) is 0.347. The number of hydrogen-bond acceptors (Lipinski definition) is 10. The summed E-state index contributed by atoms with van der Waals surface area (Å²) in [7, 11) is 7.89. The SMILES string of the molecule is COc1c(C)cc2c(c1OC(C)=O)[C@H]1[C@H]3C(=O)c4c(OC)c(C)c(OC)c(OC)c4[C@H](COCc4ccccc4)N3C(=O)[C@@H](C2)N1C. The molecule has 4 atom stereocenters. The molecule has 1 fully saturated rings. The van der Waals surface area contributed by atoms with Crippen LogP contribution in [0.1, 0.15) is 62.7 Å². The molecular formula is C36H40N2O9. The molecule has 6 rings (SSSR count). The smallest absolute Gasteiger partial charge is 0.308 e. The number of methoxy groups -OCH3 is 4. The summed E-state index contributed by atoms with van der Waals surface area (Å²) in [5.74, 6) is 0.686. The number of hydrogen-bond donors (Lipinski definition) is 0. The van der Waals surface area contributed by atoms with Gasteiger partial charge in [0.2, 0.25) is 5.91 Å². The summed E-state index contributed by atoms with van der Waals surface area (Å²) >= 11 is 0. The summed E-state index contributed by atoms with van der Waals surface area (Å²) in [5, 5.41) is 0. The van der Waals surface area contributed by atoms with Gasteiger partial charge >= 0.3 is 5.97 Å². The van der Waals surface area contributed by atoms with E-state index in [1.165, 1.54) is 35.4 Å². The standard InChI is InChI=1S/C36H40N2O9/c1-18-14-22-15-23-36(41)38-24(17-46-16-21-12-10-9-11-13-21)26-27(32(43-6)19(2)33(44-7)34(26)45-8)30(40)29(38)28(37(23)4)25(22)35(31(18)42-5)47-20(3)39/h9-14,23-24,28-29H,15-17H2,1-8H3/t23-,24+,28+,29+/m1/s1. The first-order valence-electron chi connectivity index (χ1n) is 15.5. The van der Waals surface area contributed by atoms with Gasteiger partial charge in [0.1, 0.15) is 11.8 Å². The van der Waals surface area contributed by atoms with Crippen molar-refractivity contribution >= 4 is 17.7 Å². The molecule has 0 radical (unpaired) electrons. The fourth-order valence-electron chi connectivity index (χ4n) is 7.71. The number of piperazine rings is 1. The number of rotatable bonds is 9. The maximum Gasteiger partial charge on any atom is 0.308 e. The number of carbonyl (C=O) groups is 3. The minimum Gasteiger partial charge on any atom is -0.496 e. The van der Waals surface area contributed by atoms with Gasteiger partial charge in [0.25, 0.3) is 0 Å². The first-order chi connectivity index (χ1) is 22.6. The molecule has 0 spiro atoms. The maximum absolute atomic E-state index is 15.1. The molecule has 47 heavy (non-hydrogen) atoms. The first-order valence-corrected chi connectivity index (χ1v) is 15.5. The molecule has 0 N–H and O–H groups in total. The van der Waals surface area contributed by atoms with Crippen LogP contribution < -0.4 is 23.7 Å². The largest absolute Gasteiger partial charge is 0.496 e. The second-order valence-electron chi connectivity index (χ2n) is 12.1. The number of ether oxygens (including phenoxy) is 6. The zero-order valence-corrected chi connectivity index (χ0v) is 28.0. The highest BCUT2D eigenvalue weighted by molar-refractivity contribution is 6.10. The number of likely N-dealkylation sites (N-methyl/N-ethyl adjacent to an activating group) is 1. The number of ketones is 1. The first kappa shape index (κ1) is 32.3. The monoisotopic (exact) mass is 644 g/mol. The Kier molecular flexibility index (Phi) is 8.62. The van der Waals surface area contributed by atoms with Crippen molar-refractivity contribution in [3.8, 4) is 28.7 Å². The number of aryl methyl sites for hydroxylation is 1. The maximum atomic E-state index is 15.1. The van der Waals surface area contributed by atoms with Gasteiger partial charge < -0.3 is 33.3 Å². The zero-order chi connectivity index (χ0) is 33.7. The summed E-state index contributed by atoms with van der Waals surface area (Å²) in [6.45, 7) is 5.35. The summed E-state index contributed by atoms with van der Waals surface area (Å²) in [5.41, 5.74) is 4.55. The second-order valence-corrected chi connectivity index (χ2v) is 12.1. The summed E-state index contributed by atoms with van der Waals surface area (Å²) in [4.78, 5) is 45.8. The Morgan fingerprint density at radius 3 is 2.13 bits per heavy atom. The van der Waals surface area contributed by atoms with Gasteiger partial charge in [0.05, 0.1) is 65.3 Å². The number of benzene rings is 3. The molecule has 1 saturated heterocycles. The van der Waals surface area contributed by atoms with Crippen LogP contribution in [0.4, 0.5) is 0 Å². The highest BCUT2D eigenvalue weighted by atomic mass is 16.6. The Morgan fingerprint density at radius 1 is 0.851 bits per heavy atom. The van der Waals surface area contributed by atoms with Crippen LogP contribution >= 0.6 is 0 Å². The Morgan fingerprint density at radius 2 is 1.51 bits per heavy atom. The van der Waals surface area contributed by atoms with Crippen molar-refractivity contribution < 1.29 is 42.8 Å². The van der Waals surface area contributed by atoms with Crippen LogP contribution in [-0.4, -0.2) is 81.6 Å². The minimum absolute atomic E-state index is 0.0627. The van der Waals surface area contributed by atoms with Gasteiger partial charge in [0.15, 0.2) is 28.8 Å². The number of amides is 1. The molecule has 3 aliphatic heterocycles. The Hall–Kier alpha value is -4.61. The van der Waals surface area contributed by atoms with Gasteiger partial charge in [-0.3, -0.25) is 19.3 Å². The van der Waals surface area contributed by atoms with E-state index in [0.717, 1.165) is 16.7 Å². The average Bonchev–Trinajstić information content (AvgIpc) is 3.04. The van der Waals surface area contributed by atoms with Crippen LogP contribution in [-0.2, 0) is 27.4 Å². The van der Waals surface area contributed by atoms with Crippen LogP contribution in [0.25, 0.3) is 0 Å². The lowest BCUT2D eigenvalue weighted by molar-refractivity contribution is -0.156. The van der Waals surface area contributed by atoms with E-state index in [-0.39, 0.29) is 24.0 Å². The third kappa shape index (κ3) is 4.99. The summed E-state index contributed by atoms with van der Waals surface area (Å²) < 4.78 is 35.6. The quantitative estimate of drug-likeness (QED) is 0.243. The zero-order valence-electron chi connectivity index (χ0n) is 28.0. The lowest BCUT2D eigenvalue weighted by atomic mass is 9.73. The van der Waals surface area contributed by atoms with Crippen LogP contribution in [0.5, 0.6) is 28.7 Å². The molecular weight excluding hydrogens is 604 g/mol. The Balaban J connectivity index is 1.61. The number of carbonyl (C=O) groups excluding carboxylic acids is 3.